The van der Waals surface area contributed by atoms with E-state index in [1.54, 1.807) is 25.7 Å². The highest BCUT2D eigenvalue weighted by molar-refractivity contribution is 5.91. The van der Waals surface area contributed by atoms with E-state index in [0.717, 1.165) is 31.0 Å². The lowest BCUT2D eigenvalue weighted by molar-refractivity contribution is -0.117. The van der Waals surface area contributed by atoms with Gasteiger partial charge in [0.1, 0.15) is 11.6 Å². The molecule has 2 N–H and O–H groups in total. The van der Waals surface area contributed by atoms with Crippen LogP contribution >= 0.6 is 0 Å². The molecular weight excluding hydrogens is 308 g/mol. The van der Waals surface area contributed by atoms with Gasteiger partial charge in [0, 0.05) is 38.7 Å². The Kier molecular flexibility index (Phi) is 5.27. The monoisotopic (exact) mass is 332 g/mol. The minimum atomic E-state index is -0.0545. The Morgan fingerprint density at radius 3 is 3.08 bits per heavy atom. The zero-order valence-electron chi connectivity index (χ0n) is 14.1. The highest BCUT2D eigenvalue weighted by Gasteiger charge is 2.35. The number of carbonyl (C=O) groups is 1. The van der Waals surface area contributed by atoms with Crippen LogP contribution in [0.25, 0.3) is 0 Å². The summed E-state index contributed by atoms with van der Waals surface area (Å²) in [4.78, 5) is 22.1. The summed E-state index contributed by atoms with van der Waals surface area (Å²) >= 11 is 0. The van der Waals surface area contributed by atoms with E-state index < -0.39 is 0 Å². The number of aryl methyl sites for hydroxylation is 1. The molecule has 0 saturated carbocycles. The normalized spacial score (nSPS) is 21.2. The summed E-state index contributed by atoms with van der Waals surface area (Å²) in [5.41, 5.74) is 0. The lowest BCUT2D eigenvalue weighted by Gasteiger charge is -2.21. The smallest absolute Gasteiger partial charge is 0.239 e. The summed E-state index contributed by atoms with van der Waals surface area (Å²) in [7, 11) is 1.71. The number of imidazole rings is 1. The van der Waals surface area contributed by atoms with E-state index in [1.807, 2.05) is 10.7 Å². The third-order valence-electron chi connectivity index (χ3n) is 4.30. The molecule has 0 radical (unpaired) electrons. The lowest BCUT2D eigenvalue weighted by Crippen LogP contribution is -2.34. The Hall–Kier alpha value is -2.19. The van der Waals surface area contributed by atoms with E-state index in [2.05, 4.69) is 32.2 Å². The van der Waals surface area contributed by atoms with Crippen molar-refractivity contribution in [3.05, 3.63) is 30.5 Å². The summed E-state index contributed by atoms with van der Waals surface area (Å²) in [6.07, 6.45) is 7.14. The van der Waals surface area contributed by atoms with Crippen LogP contribution in [0.3, 0.4) is 0 Å². The van der Waals surface area contributed by atoms with Crippen LogP contribution in [-0.2, 0) is 16.1 Å². The number of likely N-dealkylation sites (tertiary alicyclic amines) is 1. The third kappa shape index (κ3) is 3.65. The molecule has 130 valence electrons. The molecule has 1 fully saturated rings. The number of amides is 1. The summed E-state index contributed by atoms with van der Waals surface area (Å²) in [5, 5.41) is 7.17. The van der Waals surface area contributed by atoms with Crippen LogP contribution in [0.5, 0.6) is 0 Å². The van der Waals surface area contributed by atoms with Crippen molar-refractivity contribution >= 4 is 11.7 Å². The second kappa shape index (κ2) is 7.59. The molecule has 1 saturated heterocycles. The number of aromatic nitrogens is 4. The fourth-order valence-corrected chi connectivity index (χ4v) is 3.15. The number of ether oxygens (including phenoxy) is 1. The number of nitrogens with zero attached hydrogens (tertiary/aromatic N) is 4. The number of methoxy groups -OCH3 is 1. The average molecular weight is 332 g/mol. The summed E-state index contributed by atoms with van der Waals surface area (Å²) in [6, 6.07) is 1.88. The van der Waals surface area contributed by atoms with Gasteiger partial charge in [0.05, 0.1) is 24.9 Å². The van der Waals surface area contributed by atoms with Crippen molar-refractivity contribution in [1.29, 1.82) is 0 Å². The second-order valence-corrected chi connectivity index (χ2v) is 6.00. The molecular formula is C16H24N6O2. The van der Waals surface area contributed by atoms with Gasteiger partial charge in [-0.25, -0.2) is 9.67 Å². The second-order valence-electron chi connectivity index (χ2n) is 6.00. The maximum atomic E-state index is 12.5. The highest BCUT2D eigenvalue weighted by Crippen LogP contribution is 2.31. The molecule has 1 aliphatic heterocycles. The Balaban J connectivity index is 1.64. The number of nitrogens with one attached hydrogen (secondary N) is 2. The summed E-state index contributed by atoms with van der Waals surface area (Å²) in [6.45, 7) is 3.87. The molecule has 24 heavy (non-hydrogen) atoms. The van der Waals surface area contributed by atoms with Crippen LogP contribution in [0, 0.1) is 0 Å². The molecule has 2 aromatic rings. The van der Waals surface area contributed by atoms with Gasteiger partial charge in [-0.1, -0.05) is 6.92 Å². The van der Waals surface area contributed by atoms with Crippen LogP contribution in [-0.4, -0.2) is 56.9 Å². The molecule has 2 atom stereocenters. The van der Waals surface area contributed by atoms with E-state index in [4.69, 9.17) is 4.74 Å². The first-order valence-corrected chi connectivity index (χ1v) is 8.29. The first kappa shape index (κ1) is 16.7. The van der Waals surface area contributed by atoms with Gasteiger partial charge in [-0.05, 0) is 12.8 Å². The molecule has 0 spiro atoms. The van der Waals surface area contributed by atoms with Crippen molar-refractivity contribution < 1.29 is 9.53 Å². The number of H-pyrrole nitrogens is 1. The molecule has 3 rings (SSSR count). The fourth-order valence-electron chi connectivity index (χ4n) is 3.15. The molecule has 3 heterocycles. The Labute approximate surface area is 141 Å². The van der Waals surface area contributed by atoms with Gasteiger partial charge in [0.15, 0.2) is 0 Å². The predicted octanol–water partition coefficient (Wildman–Crippen LogP) is 1.42. The van der Waals surface area contributed by atoms with Crippen LogP contribution < -0.4 is 5.32 Å². The van der Waals surface area contributed by atoms with Crippen molar-refractivity contribution in [3.63, 3.8) is 0 Å². The topological polar surface area (TPSA) is 88.1 Å². The van der Waals surface area contributed by atoms with Crippen LogP contribution in [0.1, 0.15) is 31.6 Å². The number of rotatable bonds is 7. The van der Waals surface area contributed by atoms with Gasteiger partial charge >= 0.3 is 0 Å². The zero-order chi connectivity index (χ0) is 16.9. The molecule has 2 aromatic heterocycles. The lowest BCUT2D eigenvalue weighted by atomic mass is 10.2. The largest absolute Gasteiger partial charge is 0.380 e. The Morgan fingerprint density at radius 2 is 2.38 bits per heavy atom. The number of carbonyl (C=O) groups excluding carboxylic acids is 1. The quantitative estimate of drug-likeness (QED) is 0.800. The van der Waals surface area contributed by atoms with Gasteiger partial charge in [-0.15, -0.1) is 0 Å². The van der Waals surface area contributed by atoms with Gasteiger partial charge in [0.2, 0.25) is 5.91 Å². The minimum absolute atomic E-state index is 0.0545. The maximum absolute atomic E-state index is 12.5. The van der Waals surface area contributed by atoms with E-state index in [9.17, 15) is 4.79 Å². The molecule has 0 bridgehead atoms. The molecule has 1 amide bonds. The summed E-state index contributed by atoms with van der Waals surface area (Å²) < 4.78 is 7.29. The number of anilines is 1. The minimum Gasteiger partial charge on any atom is -0.380 e. The molecule has 0 aromatic carbocycles. The fraction of sp³-hybridized carbons (Fsp3) is 0.562. The van der Waals surface area contributed by atoms with Gasteiger partial charge < -0.3 is 15.0 Å². The van der Waals surface area contributed by atoms with Crippen molar-refractivity contribution in [2.75, 3.05) is 25.5 Å². The third-order valence-corrected chi connectivity index (χ3v) is 4.30. The van der Waals surface area contributed by atoms with Gasteiger partial charge in [0.25, 0.3) is 0 Å². The molecule has 8 nitrogen and oxygen atoms in total. The van der Waals surface area contributed by atoms with Crippen molar-refractivity contribution in [1.82, 2.24) is 24.6 Å². The Bertz CT molecular complexity index is 653. The molecule has 8 heteroatoms. The average Bonchev–Trinajstić information content (AvgIpc) is 3.29. The predicted molar refractivity (Wildman–Crippen MR) is 89.5 cm³/mol. The van der Waals surface area contributed by atoms with E-state index >= 15 is 0 Å². The van der Waals surface area contributed by atoms with Crippen molar-refractivity contribution in [2.45, 2.75) is 38.5 Å². The Morgan fingerprint density at radius 1 is 1.50 bits per heavy atom. The number of hydrogen-bond acceptors (Lipinski definition) is 5. The maximum Gasteiger partial charge on any atom is 0.239 e. The van der Waals surface area contributed by atoms with E-state index in [-0.39, 0.29) is 18.1 Å². The number of aromatic amines is 1. The zero-order valence-corrected chi connectivity index (χ0v) is 14.1. The number of hydrogen-bond donors (Lipinski definition) is 2. The van der Waals surface area contributed by atoms with Crippen LogP contribution in [0.15, 0.2) is 24.7 Å². The first-order valence-electron chi connectivity index (χ1n) is 8.29. The van der Waals surface area contributed by atoms with Gasteiger partial charge in [-0.2, -0.15) is 5.10 Å². The standard InChI is InChI=1S/C16H24N6O2/c1-3-8-22-14(4-5-19-22)20-15(23)11-21-10-12(24-2)9-13(21)16-17-6-7-18-16/h4-7,12-13H,3,8-11H2,1-2H3,(H,17,18)(H,20,23)/t12-,13?/m1/s1. The molecule has 1 unspecified atom stereocenters. The van der Waals surface area contributed by atoms with E-state index in [0.29, 0.717) is 13.1 Å². The van der Waals surface area contributed by atoms with Crippen LogP contribution in [0.2, 0.25) is 0 Å². The van der Waals surface area contributed by atoms with E-state index in [1.165, 1.54) is 0 Å². The van der Waals surface area contributed by atoms with Gasteiger partial charge in [-0.3, -0.25) is 9.69 Å². The first-order chi connectivity index (χ1) is 11.7. The summed E-state index contributed by atoms with van der Waals surface area (Å²) in [5.74, 6) is 1.55. The van der Waals surface area contributed by atoms with Crippen LogP contribution in [0.4, 0.5) is 5.82 Å². The SMILES string of the molecule is CCCn1nccc1NC(=O)CN1C[C@H](OC)CC1c1ncc[nH]1. The van der Waals surface area contributed by atoms with Crippen molar-refractivity contribution in [2.24, 2.45) is 0 Å². The van der Waals surface area contributed by atoms with Crippen molar-refractivity contribution in [3.8, 4) is 0 Å². The molecule has 1 aliphatic rings. The highest BCUT2D eigenvalue weighted by atomic mass is 16.5. The molecule has 0 aliphatic carbocycles.